The van der Waals surface area contributed by atoms with E-state index in [9.17, 15) is 0 Å². The van der Waals surface area contributed by atoms with Crippen molar-refractivity contribution in [2.24, 2.45) is 4.99 Å². The number of aromatic nitrogens is 1. The molecule has 0 radical (unpaired) electrons. The highest BCUT2D eigenvalue weighted by atomic mass is 127. The van der Waals surface area contributed by atoms with E-state index in [1.807, 2.05) is 12.3 Å². The Labute approximate surface area is 149 Å². The number of nitrogens with one attached hydrogen (secondary N) is 2. The van der Waals surface area contributed by atoms with Crippen molar-refractivity contribution in [1.29, 1.82) is 0 Å². The quantitative estimate of drug-likeness (QED) is 0.463. The topological polar surface area (TPSA) is 49.3 Å². The first-order valence-electron chi connectivity index (χ1n) is 7.09. The van der Waals surface area contributed by atoms with Gasteiger partial charge in [0.05, 0.1) is 12.2 Å². The first-order valence-corrected chi connectivity index (χ1v) is 7.09. The van der Waals surface area contributed by atoms with E-state index in [2.05, 4.69) is 64.8 Å². The van der Waals surface area contributed by atoms with E-state index in [1.54, 1.807) is 7.05 Å². The number of hydrogen-bond donors (Lipinski definition) is 2. The highest BCUT2D eigenvalue weighted by Gasteiger charge is 2.02. The fourth-order valence-electron chi connectivity index (χ4n) is 2.10. The Morgan fingerprint density at radius 2 is 1.86 bits per heavy atom. The van der Waals surface area contributed by atoms with Gasteiger partial charge in [0.25, 0.3) is 0 Å². The summed E-state index contributed by atoms with van der Waals surface area (Å²) in [5.41, 5.74) is 4.73. The van der Waals surface area contributed by atoms with Crippen molar-refractivity contribution in [2.75, 3.05) is 7.05 Å². The number of benzene rings is 1. The van der Waals surface area contributed by atoms with Crippen LogP contribution in [0, 0.1) is 13.8 Å². The third kappa shape index (κ3) is 5.63. The van der Waals surface area contributed by atoms with Crippen LogP contribution in [-0.2, 0) is 13.1 Å². The van der Waals surface area contributed by atoms with Gasteiger partial charge < -0.3 is 10.6 Å². The number of aryl methyl sites for hydroxylation is 2. The van der Waals surface area contributed by atoms with Gasteiger partial charge in [0.2, 0.25) is 0 Å². The van der Waals surface area contributed by atoms with E-state index < -0.39 is 0 Å². The molecule has 118 valence electrons. The summed E-state index contributed by atoms with van der Waals surface area (Å²) in [5, 5.41) is 6.60. The molecular weight excluding hydrogens is 387 g/mol. The molecule has 0 fully saturated rings. The lowest BCUT2D eigenvalue weighted by molar-refractivity contribution is 0.789. The molecule has 0 amide bonds. The smallest absolute Gasteiger partial charge is 0.191 e. The third-order valence-electron chi connectivity index (χ3n) is 3.31. The lowest BCUT2D eigenvalue weighted by Crippen LogP contribution is -2.36. The molecule has 2 rings (SSSR count). The summed E-state index contributed by atoms with van der Waals surface area (Å²) in [6, 6.07) is 12.5. The van der Waals surface area contributed by atoms with Gasteiger partial charge in [-0.2, -0.15) is 0 Å². The minimum atomic E-state index is 0. The average Bonchev–Trinajstić information content (AvgIpc) is 2.49. The highest BCUT2D eigenvalue weighted by Crippen LogP contribution is 2.04. The summed E-state index contributed by atoms with van der Waals surface area (Å²) in [4.78, 5) is 8.61. The Bertz CT molecular complexity index is 626. The van der Waals surface area contributed by atoms with Crippen molar-refractivity contribution >= 4 is 29.9 Å². The maximum Gasteiger partial charge on any atom is 0.191 e. The monoisotopic (exact) mass is 410 g/mol. The first-order chi connectivity index (χ1) is 10.2. The molecule has 0 aliphatic heterocycles. The minimum Gasteiger partial charge on any atom is -0.352 e. The lowest BCUT2D eigenvalue weighted by Gasteiger charge is -2.12. The summed E-state index contributed by atoms with van der Waals surface area (Å²) in [5.74, 6) is 0.779. The summed E-state index contributed by atoms with van der Waals surface area (Å²) in [6.07, 6.45) is 1.81. The fraction of sp³-hybridized carbons (Fsp3) is 0.294. The number of aliphatic imine (C=N–C) groups is 1. The van der Waals surface area contributed by atoms with E-state index in [1.165, 1.54) is 16.7 Å². The molecule has 0 aliphatic rings. The number of rotatable bonds is 4. The van der Waals surface area contributed by atoms with Crippen molar-refractivity contribution in [3.8, 4) is 0 Å². The molecule has 0 aliphatic carbocycles. The molecule has 0 unspecified atom stereocenters. The van der Waals surface area contributed by atoms with Crippen LogP contribution in [0.2, 0.25) is 0 Å². The zero-order chi connectivity index (χ0) is 15.1. The van der Waals surface area contributed by atoms with Crippen molar-refractivity contribution in [2.45, 2.75) is 26.9 Å². The molecule has 0 atom stereocenters. The van der Waals surface area contributed by atoms with Crippen LogP contribution in [0.15, 0.2) is 47.6 Å². The number of nitrogens with zero attached hydrogens (tertiary/aromatic N) is 2. The SMILES string of the molecule is CN=C(NCc1cccc(C)c1)NCc1ncccc1C.I. The van der Waals surface area contributed by atoms with E-state index in [4.69, 9.17) is 0 Å². The molecule has 1 aromatic carbocycles. The van der Waals surface area contributed by atoms with Crippen LogP contribution in [0.25, 0.3) is 0 Å². The van der Waals surface area contributed by atoms with Gasteiger partial charge >= 0.3 is 0 Å². The Morgan fingerprint density at radius 3 is 2.55 bits per heavy atom. The van der Waals surface area contributed by atoms with Crippen LogP contribution < -0.4 is 10.6 Å². The lowest BCUT2D eigenvalue weighted by atomic mass is 10.1. The Balaban J connectivity index is 0.00000242. The molecule has 1 heterocycles. The molecule has 1 aromatic heterocycles. The predicted molar refractivity (Wildman–Crippen MR) is 103 cm³/mol. The van der Waals surface area contributed by atoms with Gasteiger partial charge in [0, 0.05) is 19.8 Å². The molecule has 2 N–H and O–H groups in total. The van der Waals surface area contributed by atoms with E-state index >= 15 is 0 Å². The molecule has 5 heteroatoms. The van der Waals surface area contributed by atoms with Crippen LogP contribution in [0.4, 0.5) is 0 Å². The summed E-state index contributed by atoms with van der Waals surface area (Å²) in [6.45, 7) is 5.58. The van der Waals surface area contributed by atoms with Crippen molar-refractivity contribution < 1.29 is 0 Å². The van der Waals surface area contributed by atoms with Crippen LogP contribution in [0.5, 0.6) is 0 Å². The van der Waals surface area contributed by atoms with Gasteiger partial charge in [-0.05, 0) is 31.0 Å². The predicted octanol–water partition coefficient (Wildman–Crippen LogP) is 3.18. The Hall–Kier alpha value is -1.63. The van der Waals surface area contributed by atoms with E-state index in [-0.39, 0.29) is 24.0 Å². The largest absolute Gasteiger partial charge is 0.352 e. The van der Waals surface area contributed by atoms with Crippen molar-refractivity contribution in [3.05, 3.63) is 65.0 Å². The molecule has 22 heavy (non-hydrogen) atoms. The zero-order valence-corrected chi connectivity index (χ0v) is 15.6. The Kier molecular flexibility index (Phi) is 7.87. The standard InChI is InChI=1S/C17H22N4.HI/c1-13-6-4-8-15(10-13)11-20-17(18-3)21-12-16-14(2)7-5-9-19-16;/h4-10H,11-12H2,1-3H3,(H2,18,20,21);1H. The van der Waals surface area contributed by atoms with Crippen LogP contribution in [0.1, 0.15) is 22.4 Å². The van der Waals surface area contributed by atoms with Crippen molar-refractivity contribution in [1.82, 2.24) is 15.6 Å². The number of guanidine groups is 1. The van der Waals surface area contributed by atoms with E-state index in [0.29, 0.717) is 6.54 Å². The van der Waals surface area contributed by atoms with Gasteiger partial charge in [-0.3, -0.25) is 9.98 Å². The molecular formula is C17H23IN4. The molecule has 4 nitrogen and oxygen atoms in total. The van der Waals surface area contributed by atoms with Crippen molar-refractivity contribution in [3.63, 3.8) is 0 Å². The molecule has 0 saturated heterocycles. The minimum absolute atomic E-state index is 0. The molecule has 0 bridgehead atoms. The second-order valence-corrected chi connectivity index (χ2v) is 5.04. The number of halogens is 1. The maximum atomic E-state index is 4.37. The molecule has 0 saturated carbocycles. The highest BCUT2D eigenvalue weighted by molar-refractivity contribution is 14.0. The van der Waals surface area contributed by atoms with Crippen LogP contribution in [0.3, 0.4) is 0 Å². The number of hydrogen-bond acceptors (Lipinski definition) is 2. The van der Waals surface area contributed by atoms with Gasteiger partial charge in [-0.15, -0.1) is 24.0 Å². The maximum absolute atomic E-state index is 4.37. The first kappa shape index (κ1) is 18.4. The van der Waals surface area contributed by atoms with E-state index in [0.717, 1.165) is 18.2 Å². The zero-order valence-electron chi connectivity index (χ0n) is 13.3. The summed E-state index contributed by atoms with van der Waals surface area (Å²) >= 11 is 0. The van der Waals surface area contributed by atoms with Gasteiger partial charge in [-0.1, -0.05) is 35.9 Å². The van der Waals surface area contributed by atoms with Crippen LogP contribution >= 0.6 is 24.0 Å². The Morgan fingerprint density at radius 1 is 1.09 bits per heavy atom. The molecule has 2 aromatic rings. The summed E-state index contributed by atoms with van der Waals surface area (Å²) in [7, 11) is 1.77. The van der Waals surface area contributed by atoms with Crippen LogP contribution in [-0.4, -0.2) is 18.0 Å². The van der Waals surface area contributed by atoms with Gasteiger partial charge in [-0.25, -0.2) is 0 Å². The second-order valence-electron chi connectivity index (χ2n) is 5.04. The fourth-order valence-corrected chi connectivity index (χ4v) is 2.10. The normalized spacial score (nSPS) is 10.8. The second kappa shape index (κ2) is 9.40. The molecule has 0 spiro atoms. The van der Waals surface area contributed by atoms with Gasteiger partial charge in [0.1, 0.15) is 0 Å². The summed E-state index contributed by atoms with van der Waals surface area (Å²) < 4.78 is 0. The number of pyridine rings is 1. The average molecular weight is 410 g/mol. The van der Waals surface area contributed by atoms with Gasteiger partial charge in [0.15, 0.2) is 5.96 Å². The third-order valence-corrected chi connectivity index (χ3v) is 3.31.